The van der Waals surface area contributed by atoms with Crippen LogP contribution in [0.1, 0.15) is 131 Å². The Morgan fingerprint density at radius 2 is 1.02 bits per heavy atom. The minimum Gasteiger partial charge on any atom is -0.373 e. The Balaban J connectivity index is 0. The Bertz CT molecular complexity index is 581. The molecule has 7 heteroatoms. The number of unbranched alkanes of at least 4 members (excludes halogenated alkanes) is 9. The molecule has 0 radical (unpaired) electrons. The van der Waals surface area contributed by atoms with E-state index in [0.717, 1.165) is 32.1 Å². The van der Waals surface area contributed by atoms with Gasteiger partial charge in [0.15, 0.2) is 5.79 Å². The molecule has 0 saturated carbocycles. The number of methoxy groups -OCH3 is 7. The molecular weight excluding hydrogens is 520 g/mol. The monoisotopic (exact) mass is 591 g/mol. The summed E-state index contributed by atoms with van der Waals surface area (Å²) in [5, 5.41) is 0. The SMILES string of the molecule is CC=CC(CCCCCCC)C(CCC)(OC)C(C)(OC)OC.CCCCCCCCC(OC)C(OC)(OC)OC. The standard InChI is InChI=1S/C20H40O3.C14H30O4/c1-8-11-12-13-14-16-18(15-9-2)20(23-7,17-10-3)19(4,21-5)22-6;1-6-7-8-9-10-11-12-13(15-2)14(16-3,17-4)18-5/h9,15,18H,8,10-14,16-17H2,1-7H3;13H,6-12H2,1-5H3. The summed E-state index contributed by atoms with van der Waals surface area (Å²) >= 11 is 0. The van der Waals surface area contributed by atoms with Gasteiger partial charge < -0.3 is 33.2 Å². The molecule has 0 amide bonds. The molecule has 0 spiro atoms. The quantitative estimate of drug-likeness (QED) is 0.0565. The van der Waals surface area contributed by atoms with Crippen molar-refractivity contribution in [2.45, 2.75) is 154 Å². The van der Waals surface area contributed by atoms with Crippen molar-refractivity contribution in [2.75, 3.05) is 49.8 Å². The fourth-order valence-electron chi connectivity index (χ4n) is 5.87. The maximum Gasteiger partial charge on any atom is 0.310 e. The predicted octanol–water partition coefficient (Wildman–Crippen LogP) is 9.08. The summed E-state index contributed by atoms with van der Waals surface area (Å²) in [4.78, 5) is 0. The van der Waals surface area contributed by atoms with E-state index in [4.69, 9.17) is 33.2 Å². The molecule has 41 heavy (non-hydrogen) atoms. The lowest BCUT2D eigenvalue weighted by atomic mass is 9.74. The molecule has 0 rings (SSSR count). The lowest BCUT2D eigenvalue weighted by molar-refractivity contribution is -0.391. The third kappa shape index (κ3) is 14.2. The van der Waals surface area contributed by atoms with Gasteiger partial charge in [0.1, 0.15) is 11.7 Å². The van der Waals surface area contributed by atoms with Crippen LogP contribution in [0.3, 0.4) is 0 Å². The lowest BCUT2D eigenvalue weighted by Gasteiger charge is -2.49. The molecule has 0 aromatic carbocycles. The maximum absolute atomic E-state index is 6.12. The van der Waals surface area contributed by atoms with Gasteiger partial charge in [-0.05, 0) is 33.1 Å². The van der Waals surface area contributed by atoms with Gasteiger partial charge in [0, 0.05) is 55.7 Å². The largest absolute Gasteiger partial charge is 0.373 e. The number of hydrogen-bond acceptors (Lipinski definition) is 7. The summed E-state index contributed by atoms with van der Waals surface area (Å²) < 4.78 is 39.1. The van der Waals surface area contributed by atoms with Crippen LogP contribution >= 0.6 is 0 Å². The summed E-state index contributed by atoms with van der Waals surface area (Å²) in [5.74, 6) is -1.56. The molecule has 0 aliphatic heterocycles. The van der Waals surface area contributed by atoms with Gasteiger partial charge in [-0.25, -0.2) is 0 Å². The van der Waals surface area contributed by atoms with E-state index in [-0.39, 0.29) is 12.0 Å². The van der Waals surface area contributed by atoms with Crippen LogP contribution in [0.4, 0.5) is 0 Å². The molecular formula is C34H70O7. The minimum absolute atomic E-state index is 0.205. The summed E-state index contributed by atoms with van der Waals surface area (Å²) in [5.41, 5.74) is -0.470. The van der Waals surface area contributed by atoms with Gasteiger partial charge in [-0.3, -0.25) is 0 Å². The van der Waals surface area contributed by atoms with Gasteiger partial charge >= 0.3 is 5.97 Å². The van der Waals surface area contributed by atoms with Crippen molar-refractivity contribution in [3.05, 3.63) is 12.2 Å². The van der Waals surface area contributed by atoms with Crippen LogP contribution in [-0.4, -0.2) is 73.2 Å². The molecule has 0 aliphatic rings. The highest BCUT2D eigenvalue weighted by molar-refractivity contribution is 5.06. The predicted molar refractivity (Wildman–Crippen MR) is 171 cm³/mol. The summed E-state index contributed by atoms with van der Waals surface area (Å²) in [7, 11) is 11.6. The Hall–Kier alpha value is -0.540. The Morgan fingerprint density at radius 3 is 1.39 bits per heavy atom. The molecule has 0 bridgehead atoms. The lowest BCUT2D eigenvalue weighted by Crippen LogP contribution is -2.60. The number of hydrogen-bond donors (Lipinski definition) is 0. The molecule has 248 valence electrons. The second kappa shape index (κ2) is 25.9. The van der Waals surface area contributed by atoms with E-state index in [0.29, 0.717) is 0 Å². The molecule has 0 aromatic rings. The van der Waals surface area contributed by atoms with E-state index in [1.54, 1.807) is 49.8 Å². The van der Waals surface area contributed by atoms with Crippen molar-refractivity contribution in [1.29, 1.82) is 0 Å². The molecule has 0 aliphatic carbocycles. The highest BCUT2D eigenvalue weighted by atomic mass is 16.9. The smallest absolute Gasteiger partial charge is 0.310 e. The average Bonchev–Trinajstić information content (AvgIpc) is 3.00. The fourth-order valence-corrected chi connectivity index (χ4v) is 5.87. The van der Waals surface area contributed by atoms with Crippen LogP contribution < -0.4 is 0 Å². The van der Waals surface area contributed by atoms with Crippen molar-refractivity contribution < 1.29 is 33.2 Å². The van der Waals surface area contributed by atoms with Crippen molar-refractivity contribution in [1.82, 2.24) is 0 Å². The van der Waals surface area contributed by atoms with Gasteiger partial charge in [-0.1, -0.05) is 110 Å². The zero-order valence-corrected chi connectivity index (χ0v) is 29.3. The molecule has 3 atom stereocenters. The number of allylic oxidation sites excluding steroid dienone is 1. The molecule has 0 N–H and O–H groups in total. The van der Waals surface area contributed by atoms with Gasteiger partial charge in [-0.2, -0.15) is 0 Å². The normalized spacial score (nSPS) is 15.4. The fraction of sp³-hybridized carbons (Fsp3) is 0.941. The van der Waals surface area contributed by atoms with Crippen LogP contribution in [0.2, 0.25) is 0 Å². The van der Waals surface area contributed by atoms with Crippen molar-refractivity contribution in [3.8, 4) is 0 Å². The topological polar surface area (TPSA) is 64.6 Å². The maximum atomic E-state index is 6.12. The van der Waals surface area contributed by atoms with Crippen molar-refractivity contribution >= 4 is 0 Å². The Labute approximate surface area is 255 Å². The number of ether oxygens (including phenoxy) is 7. The molecule has 7 nitrogen and oxygen atoms in total. The molecule has 0 heterocycles. The van der Waals surface area contributed by atoms with Crippen LogP contribution in [-0.2, 0) is 33.2 Å². The van der Waals surface area contributed by atoms with Gasteiger partial charge in [0.05, 0.1) is 0 Å². The number of rotatable bonds is 26. The third-order valence-electron chi connectivity index (χ3n) is 8.53. The Kier molecular flexibility index (Phi) is 26.9. The van der Waals surface area contributed by atoms with Gasteiger partial charge in [0.25, 0.3) is 0 Å². The minimum atomic E-state index is -1.09. The van der Waals surface area contributed by atoms with E-state index < -0.39 is 17.4 Å². The second-order valence-corrected chi connectivity index (χ2v) is 11.0. The van der Waals surface area contributed by atoms with Crippen LogP contribution in [0.25, 0.3) is 0 Å². The molecule has 3 unspecified atom stereocenters. The van der Waals surface area contributed by atoms with Gasteiger partial charge in [0.2, 0.25) is 0 Å². The molecule has 0 aromatic heterocycles. The highest BCUT2D eigenvalue weighted by Crippen LogP contribution is 2.43. The van der Waals surface area contributed by atoms with E-state index in [9.17, 15) is 0 Å². The van der Waals surface area contributed by atoms with E-state index in [1.807, 2.05) is 6.92 Å². The summed E-state index contributed by atoms with van der Waals surface area (Å²) in [6.07, 6.45) is 22.0. The van der Waals surface area contributed by atoms with Crippen molar-refractivity contribution in [3.63, 3.8) is 0 Å². The first-order chi connectivity index (χ1) is 19.7. The van der Waals surface area contributed by atoms with E-state index >= 15 is 0 Å². The third-order valence-corrected chi connectivity index (χ3v) is 8.53. The first kappa shape index (κ1) is 42.6. The van der Waals surface area contributed by atoms with E-state index in [2.05, 4.69) is 39.8 Å². The molecule has 0 fully saturated rings. The second-order valence-electron chi connectivity index (χ2n) is 11.0. The average molecular weight is 591 g/mol. The zero-order chi connectivity index (χ0) is 31.6. The van der Waals surface area contributed by atoms with Gasteiger partial charge in [-0.15, -0.1) is 0 Å². The first-order valence-electron chi connectivity index (χ1n) is 16.2. The van der Waals surface area contributed by atoms with E-state index in [1.165, 1.54) is 64.2 Å². The summed E-state index contributed by atoms with van der Waals surface area (Å²) in [6, 6.07) is 0. The zero-order valence-electron chi connectivity index (χ0n) is 29.3. The van der Waals surface area contributed by atoms with Crippen LogP contribution in [0.15, 0.2) is 12.2 Å². The van der Waals surface area contributed by atoms with Crippen molar-refractivity contribution in [2.24, 2.45) is 5.92 Å². The molecule has 0 saturated heterocycles. The van der Waals surface area contributed by atoms with Crippen LogP contribution in [0, 0.1) is 5.92 Å². The summed E-state index contributed by atoms with van der Waals surface area (Å²) in [6.45, 7) is 10.7. The highest BCUT2D eigenvalue weighted by Gasteiger charge is 2.53. The Morgan fingerprint density at radius 1 is 0.561 bits per heavy atom. The first-order valence-corrected chi connectivity index (χ1v) is 16.2. The van der Waals surface area contributed by atoms with Crippen LogP contribution in [0.5, 0.6) is 0 Å².